The number of halogens is 3. The van der Waals surface area contributed by atoms with Crippen molar-refractivity contribution in [3.8, 4) is 6.07 Å². The number of rotatable bonds is 13. The van der Waals surface area contributed by atoms with Crippen LogP contribution in [0.5, 0.6) is 0 Å². The Morgan fingerprint density at radius 1 is 1.14 bits per heavy atom. The molecule has 0 radical (unpaired) electrons. The standard InChI is InChI=1S/C35H46F3N10OPS/c1-23(46-11-13-47(14-12-46)50-21-32(49)41-8-7-39)19-48-27(18-40)15-29-24(2)25(3-4-31(29)48)20-45-9-5-26(6-10-45)44-33-30-16-28(17-35(36,37)38)51-34(30)43-22-42-33/h3-4,15-16,22-23,26,50H,5-14,17,19-21,39H2,1-2H3,(H,41,49)(H,42,43,44). The third-order valence-electron chi connectivity index (χ3n) is 9.97. The normalized spacial score (nSPS) is 17.8. The molecule has 274 valence electrons. The largest absolute Gasteiger partial charge is 0.393 e. The number of thiophene rings is 1. The second kappa shape index (κ2) is 16.5. The summed E-state index contributed by atoms with van der Waals surface area (Å²) in [7, 11) is 0.472. The number of nitriles is 1. The molecule has 1 aromatic carbocycles. The average Bonchev–Trinajstić information content (AvgIpc) is 3.69. The van der Waals surface area contributed by atoms with Gasteiger partial charge in [0.15, 0.2) is 0 Å². The molecule has 0 spiro atoms. The molecule has 2 saturated heterocycles. The number of nitrogens with zero attached hydrogens (tertiary/aromatic N) is 7. The molecule has 5 heterocycles. The van der Waals surface area contributed by atoms with Gasteiger partial charge in [0.2, 0.25) is 5.91 Å². The van der Waals surface area contributed by atoms with Crippen molar-refractivity contribution >= 4 is 52.9 Å². The number of carbonyl (C=O) groups is 1. The third kappa shape index (κ3) is 9.35. The van der Waals surface area contributed by atoms with Crippen LogP contribution >= 0.6 is 20.1 Å². The number of nitrogens with one attached hydrogen (secondary N) is 2. The van der Waals surface area contributed by atoms with Crippen LogP contribution in [0.3, 0.4) is 0 Å². The van der Waals surface area contributed by atoms with Crippen LogP contribution in [-0.4, -0.2) is 112 Å². The van der Waals surface area contributed by atoms with E-state index in [2.05, 4.69) is 71.7 Å². The van der Waals surface area contributed by atoms with Gasteiger partial charge in [0.05, 0.1) is 18.0 Å². The summed E-state index contributed by atoms with van der Waals surface area (Å²) in [4.78, 5) is 26.3. The number of aromatic nitrogens is 3. The maximum atomic E-state index is 13.0. The van der Waals surface area contributed by atoms with Gasteiger partial charge in [-0.05, 0) is 64.7 Å². The van der Waals surface area contributed by atoms with E-state index in [0.29, 0.717) is 49.7 Å². The van der Waals surface area contributed by atoms with E-state index in [1.807, 2.05) is 6.07 Å². The number of hydrogen-bond acceptors (Lipinski definition) is 10. The highest BCUT2D eigenvalue weighted by Crippen LogP contribution is 2.34. The maximum Gasteiger partial charge on any atom is 0.393 e. The number of alkyl halides is 3. The zero-order chi connectivity index (χ0) is 36.1. The predicted molar refractivity (Wildman–Crippen MR) is 198 cm³/mol. The number of aryl methyl sites for hydroxylation is 1. The van der Waals surface area contributed by atoms with Crippen molar-refractivity contribution in [2.45, 2.75) is 64.5 Å². The fourth-order valence-electron chi connectivity index (χ4n) is 7.11. The highest BCUT2D eigenvalue weighted by atomic mass is 32.1. The molecule has 0 bridgehead atoms. The Kier molecular flexibility index (Phi) is 12.1. The Morgan fingerprint density at radius 3 is 2.61 bits per heavy atom. The van der Waals surface area contributed by atoms with Crippen molar-refractivity contribution in [2.24, 2.45) is 5.73 Å². The Labute approximate surface area is 302 Å². The molecule has 2 fully saturated rings. The number of fused-ring (bicyclic) bond motifs is 2. The molecular formula is C35H46F3N10OPS. The van der Waals surface area contributed by atoms with E-state index >= 15 is 0 Å². The molecule has 6 rings (SSSR count). The fraction of sp³-hybridized carbons (Fsp3) is 0.543. The molecule has 0 saturated carbocycles. The molecule has 2 atom stereocenters. The van der Waals surface area contributed by atoms with Crippen LogP contribution in [0.4, 0.5) is 19.0 Å². The minimum absolute atomic E-state index is 0.0568. The molecule has 11 nitrogen and oxygen atoms in total. The van der Waals surface area contributed by atoms with Crippen LogP contribution in [0.1, 0.15) is 41.5 Å². The van der Waals surface area contributed by atoms with E-state index in [9.17, 15) is 23.2 Å². The number of amides is 1. The number of piperidine rings is 1. The number of hydrogen-bond donors (Lipinski definition) is 3. The predicted octanol–water partition coefficient (Wildman–Crippen LogP) is 4.68. The van der Waals surface area contributed by atoms with Crippen LogP contribution in [0, 0.1) is 18.3 Å². The molecule has 0 aliphatic carbocycles. The first-order valence-electron chi connectivity index (χ1n) is 17.5. The summed E-state index contributed by atoms with van der Waals surface area (Å²) in [5, 5.41) is 18.2. The summed E-state index contributed by atoms with van der Waals surface area (Å²) in [6.45, 7) is 12.3. The molecule has 4 aromatic rings. The Hall–Kier alpha value is -3.38. The van der Waals surface area contributed by atoms with Gasteiger partial charge in [-0.3, -0.25) is 19.3 Å². The van der Waals surface area contributed by atoms with Gasteiger partial charge in [-0.25, -0.2) is 9.97 Å². The minimum Gasteiger partial charge on any atom is -0.367 e. The molecule has 4 N–H and O–H groups in total. The van der Waals surface area contributed by atoms with Gasteiger partial charge in [-0.1, -0.05) is 6.07 Å². The fourth-order valence-corrected chi connectivity index (χ4v) is 9.15. The number of anilines is 1. The van der Waals surface area contributed by atoms with E-state index in [1.54, 1.807) is 6.07 Å². The summed E-state index contributed by atoms with van der Waals surface area (Å²) in [5.74, 6) is 0.653. The highest BCUT2D eigenvalue weighted by Gasteiger charge is 2.30. The zero-order valence-corrected chi connectivity index (χ0v) is 30.9. The Balaban J connectivity index is 1.03. The summed E-state index contributed by atoms with van der Waals surface area (Å²) in [6.07, 6.45) is -1.52. The zero-order valence-electron chi connectivity index (χ0n) is 29.1. The SMILES string of the molecule is Cc1c(CN2CCC(Nc3ncnc4sc(CC(F)(F)F)cc34)CC2)ccc2c1cc(C#N)n2CC(C)N1CCN(PCC(=O)NCCN)CC1. The summed E-state index contributed by atoms with van der Waals surface area (Å²) < 4.78 is 43.4. The number of piperazine rings is 1. The molecule has 2 aliphatic heterocycles. The van der Waals surface area contributed by atoms with Crippen molar-refractivity contribution in [3.05, 3.63) is 52.3 Å². The first-order valence-corrected chi connectivity index (χ1v) is 19.5. The van der Waals surface area contributed by atoms with E-state index in [-0.39, 0.29) is 22.9 Å². The highest BCUT2D eigenvalue weighted by molar-refractivity contribution is 7.36. The van der Waals surface area contributed by atoms with Gasteiger partial charge in [0.1, 0.15) is 28.7 Å². The van der Waals surface area contributed by atoms with Crippen molar-refractivity contribution in [3.63, 3.8) is 0 Å². The van der Waals surface area contributed by atoms with E-state index in [1.165, 1.54) is 17.5 Å². The maximum absolute atomic E-state index is 13.0. The summed E-state index contributed by atoms with van der Waals surface area (Å²) >= 11 is 1.07. The molecule has 1 amide bonds. The lowest BCUT2D eigenvalue weighted by Crippen LogP contribution is -2.48. The Bertz CT molecular complexity index is 1860. The Morgan fingerprint density at radius 2 is 1.90 bits per heavy atom. The lowest BCUT2D eigenvalue weighted by atomic mass is 10.0. The van der Waals surface area contributed by atoms with Gasteiger partial charge in [0, 0.05) is 93.3 Å². The quantitative estimate of drug-likeness (QED) is 0.167. The van der Waals surface area contributed by atoms with Crippen molar-refractivity contribution in [1.82, 2.24) is 34.3 Å². The lowest BCUT2D eigenvalue weighted by Gasteiger charge is -2.38. The third-order valence-corrected chi connectivity index (χ3v) is 12.4. The molecule has 16 heteroatoms. The first kappa shape index (κ1) is 37.4. The van der Waals surface area contributed by atoms with Crippen LogP contribution in [0.2, 0.25) is 0 Å². The number of carbonyl (C=O) groups excluding carboxylic acids is 1. The van der Waals surface area contributed by atoms with Gasteiger partial charge in [-0.2, -0.15) is 18.4 Å². The summed E-state index contributed by atoms with van der Waals surface area (Å²) in [5.41, 5.74) is 9.65. The van der Waals surface area contributed by atoms with Gasteiger partial charge in [0.25, 0.3) is 0 Å². The van der Waals surface area contributed by atoms with Crippen LogP contribution in [0.25, 0.3) is 21.1 Å². The van der Waals surface area contributed by atoms with Gasteiger partial charge in [-0.15, -0.1) is 11.3 Å². The first-order chi connectivity index (χ1) is 24.5. The topological polar surface area (TPSA) is 131 Å². The number of nitrogens with two attached hydrogens (primary N) is 1. The van der Waals surface area contributed by atoms with E-state index in [4.69, 9.17) is 5.73 Å². The van der Waals surface area contributed by atoms with Crippen LogP contribution in [-0.2, 0) is 24.3 Å². The van der Waals surface area contributed by atoms with Crippen molar-refractivity contribution < 1.29 is 18.0 Å². The average molecular weight is 743 g/mol. The molecule has 51 heavy (non-hydrogen) atoms. The van der Waals surface area contributed by atoms with Crippen molar-refractivity contribution in [1.29, 1.82) is 5.26 Å². The molecule has 2 aliphatic rings. The second-order valence-corrected chi connectivity index (χ2v) is 15.9. The lowest BCUT2D eigenvalue weighted by molar-refractivity contribution is -0.126. The van der Waals surface area contributed by atoms with Crippen molar-refractivity contribution in [2.75, 3.05) is 63.8 Å². The van der Waals surface area contributed by atoms with E-state index in [0.717, 1.165) is 87.4 Å². The summed E-state index contributed by atoms with van der Waals surface area (Å²) in [6, 6.07) is 10.8. The molecular weight excluding hydrogens is 696 g/mol. The van der Waals surface area contributed by atoms with Gasteiger partial charge < -0.3 is 20.9 Å². The van der Waals surface area contributed by atoms with E-state index < -0.39 is 12.6 Å². The van der Waals surface area contributed by atoms with Gasteiger partial charge >= 0.3 is 6.18 Å². The smallest absolute Gasteiger partial charge is 0.367 e. The molecule has 2 unspecified atom stereocenters. The number of likely N-dealkylation sites (tertiary alicyclic amines) is 1. The number of benzene rings is 1. The monoisotopic (exact) mass is 742 g/mol. The molecule has 3 aromatic heterocycles. The van der Waals surface area contributed by atoms with Crippen LogP contribution in [0.15, 0.2) is 30.6 Å². The van der Waals surface area contributed by atoms with Crippen LogP contribution < -0.4 is 16.4 Å². The second-order valence-electron chi connectivity index (χ2n) is 13.5. The minimum atomic E-state index is -4.26.